The molecule has 0 radical (unpaired) electrons. The number of anilines is 1. The number of para-hydroxylation sites is 1. The molecule has 2 aromatic rings. The summed E-state index contributed by atoms with van der Waals surface area (Å²) < 4.78 is 11.6. The van der Waals surface area contributed by atoms with Gasteiger partial charge in [0, 0.05) is 43.9 Å². The van der Waals surface area contributed by atoms with Crippen LogP contribution in [0.2, 0.25) is 0 Å². The number of H-pyrrole nitrogens is 1. The molecule has 2 aliphatic rings. The third-order valence-electron chi connectivity index (χ3n) is 5.58. The van der Waals surface area contributed by atoms with Gasteiger partial charge in [-0.05, 0) is 26.3 Å². The van der Waals surface area contributed by atoms with Crippen LogP contribution in [0.5, 0.6) is 5.75 Å². The number of fused-ring (bicyclic) bond motifs is 1. The summed E-state index contributed by atoms with van der Waals surface area (Å²) in [6.45, 7) is 12.0. The van der Waals surface area contributed by atoms with E-state index in [0.29, 0.717) is 25.5 Å². The predicted molar refractivity (Wildman–Crippen MR) is 117 cm³/mol. The average molecular weight is 411 g/mol. The first kappa shape index (κ1) is 20.6. The van der Waals surface area contributed by atoms with Gasteiger partial charge in [-0.25, -0.2) is 4.98 Å². The Kier molecular flexibility index (Phi) is 6.20. The lowest BCUT2D eigenvalue weighted by atomic mass is 10.1. The maximum absolute atomic E-state index is 12.7. The summed E-state index contributed by atoms with van der Waals surface area (Å²) in [6, 6.07) is 8.07. The highest BCUT2D eigenvalue weighted by molar-refractivity contribution is 5.36. The number of aromatic amines is 1. The molecule has 0 bridgehead atoms. The van der Waals surface area contributed by atoms with Gasteiger partial charge in [-0.1, -0.05) is 30.9 Å². The van der Waals surface area contributed by atoms with E-state index in [4.69, 9.17) is 14.5 Å². The number of aromatic nitrogens is 2. The molecule has 1 saturated heterocycles. The minimum absolute atomic E-state index is 0.0174. The normalized spacial score (nSPS) is 21.9. The van der Waals surface area contributed by atoms with Gasteiger partial charge in [0.2, 0.25) is 5.95 Å². The Morgan fingerprint density at radius 2 is 2.07 bits per heavy atom. The van der Waals surface area contributed by atoms with Gasteiger partial charge in [0.25, 0.3) is 5.56 Å². The standard InChI is InChI=1S/C23H30N4O3/c1-4-11-29-21-8-6-5-7-18(21)14-26-10-9-19-20(15-26)24-23(25-22(19)28)27-12-16(2)30-17(3)13-27/h4-8,16-17H,1,9-15H2,2-3H3,(H,24,25,28)/t16-,17-/m0/s1. The third kappa shape index (κ3) is 4.57. The number of hydrogen-bond acceptors (Lipinski definition) is 6. The van der Waals surface area contributed by atoms with Crippen LogP contribution in [0.1, 0.15) is 30.7 Å². The first-order chi connectivity index (χ1) is 14.5. The van der Waals surface area contributed by atoms with Crippen LogP contribution in [0, 0.1) is 0 Å². The van der Waals surface area contributed by atoms with E-state index in [1.54, 1.807) is 6.08 Å². The van der Waals surface area contributed by atoms with E-state index in [1.807, 2.05) is 32.0 Å². The molecule has 0 saturated carbocycles. The SMILES string of the molecule is C=CCOc1ccccc1CN1CCc2c(nc(N3C[C@H](C)O[C@@H](C)C3)[nH]c2=O)C1. The van der Waals surface area contributed by atoms with E-state index < -0.39 is 0 Å². The van der Waals surface area contributed by atoms with Crippen LogP contribution in [0.25, 0.3) is 0 Å². The van der Waals surface area contributed by atoms with E-state index in [-0.39, 0.29) is 17.8 Å². The lowest BCUT2D eigenvalue weighted by Crippen LogP contribution is -2.47. The molecule has 0 aliphatic carbocycles. The summed E-state index contributed by atoms with van der Waals surface area (Å²) in [4.78, 5) is 25.0. The Hall–Kier alpha value is -2.64. The van der Waals surface area contributed by atoms with Crippen LogP contribution in [-0.4, -0.2) is 53.3 Å². The first-order valence-corrected chi connectivity index (χ1v) is 10.6. The molecule has 1 aromatic carbocycles. The van der Waals surface area contributed by atoms with Gasteiger partial charge >= 0.3 is 0 Å². The van der Waals surface area contributed by atoms with Crippen molar-refractivity contribution in [2.75, 3.05) is 31.1 Å². The van der Waals surface area contributed by atoms with Gasteiger partial charge in [-0.15, -0.1) is 0 Å². The Morgan fingerprint density at radius 1 is 1.30 bits per heavy atom. The predicted octanol–water partition coefficient (Wildman–Crippen LogP) is 2.51. The molecular weight excluding hydrogens is 380 g/mol. The minimum Gasteiger partial charge on any atom is -0.489 e. The van der Waals surface area contributed by atoms with Gasteiger partial charge in [0.05, 0.1) is 17.9 Å². The second-order valence-electron chi connectivity index (χ2n) is 8.15. The molecule has 2 aliphatic heterocycles. The van der Waals surface area contributed by atoms with Crippen LogP contribution in [0.15, 0.2) is 41.7 Å². The molecule has 1 N–H and O–H groups in total. The molecule has 1 fully saturated rings. The number of ether oxygens (including phenoxy) is 2. The van der Waals surface area contributed by atoms with Crippen molar-refractivity contribution in [1.82, 2.24) is 14.9 Å². The average Bonchev–Trinajstić information content (AvgIpc) is 2.72. The Bertz CT molecular complexity index is 948. The zero-order chi connectivity index (χ0) is 21.1. The van der Waals surface area contributed by atoms with Gasteiger partial charge in [0.15, 0.2) is 0 Å². The van der Waals surface area contributed by atoms with Crippen LogP contribution < -0.4 is 15.2 Å². The van der Waals surface area contributed by atoms with Crippen molar-refractivity contribution >= 4 is 5.95 Å². The van der Waals surface area contributed by atoms with Crippen molar-refractivity contribution < 1.29 is 9.47 Å². The fourth-order valence-electron chi connectivity index (χ4n) is 4.28. The van der Waals surface area contributed by atoms with Gasteiger partial charge < -0.3 is 14.4 Å². The highest BCUT2D eigenvalue weighted by Gasteiger charge is 2.27. The summed E-state index contributed by atoms with van der Waals surface area (Å²) in [6.07, 6.45) is 2.67. The Labute approximate surface area is 177 Å². The number of morpholine rings is 1. The quantitative estimate of drug-likeness (QED) is 0.738. The largest absolute Gasteiger partial charge is 0.489 e. The lowest BCUT2D eigenvalue weighted by Gasteiger charge is -2.36. The van der Waals surface area contributed by atoms with E-state index in [2.05, 4.69) is 27.4 Å². The topological polar surface area (TPSA) is 70.7 Å². The molecular formula is C23H30N4O3. The number of nitrogens with zero attached hydrogens (tertiary/aromatic N) is 3. The van der Waals surface area contributed by atoms with Gasteiger partial charge in [0.1, 0.15) is 12.4 Å². The van der Waals surface area contributed by atoms with Crippen molar-refractivity contribution in [3.63, 3.8) is 0 Å². The lowest BCUT2D eigenvalue weighted by molar-refractivity contribution is -0.00576. The highest BCUT2D eigenvalue weighted by Crippen LogP contribution is 2.24. The molecule has 7 nitrogen and oxygen atoms in total. The maximum atomic E-state index is 12.7. The summed E-state index contributed by atoms with van der Waals surface area (Å²) in [7, 11) is 0. The van der Waals surface area contributed by atoms with E-state index >= 15 is 0 Å². The molecule has 3 heterocycles. The maximum Gasteiger partial charge on any atom is 0.255 e. The molecule has 4 rings (SSSR count). The van der Waals surface area contributed by atoms with E-state index in [0.717, 1.165) is 48.7 Å². The third-order valence-corrected chi connectivity index (χ3v) is 5.58. The number of rotatable bonds is 6. The van der Waals surface area contributed by atoms with Crippen molar-refractivity contribution in [3.8, 4) is 5.75 Å². The van der Waals surface area contributed by atoms with Crippen molar-refractivity contribution in [2.45, 2.75) is 45.6 Å². The minimum atomic E-state index is -0.0174. The number of benzene rings is 1. The molecule has 160 valence electrons. The fourth-order valence-corrected chi connectivity index (χ4v) is 4.28. The molecule has 0 spiro atoms. The summed E-state index contributed by atoms with van der Waals surface area (Å²) in [5.74, 6) is 1.52. The summed E-state index contributed by atoms with van der Waals surface area (Å²) in [5, 5.41) is 0. The molecule has 30 heavy (non-hydrogen) atoms. The second kappa shape index (κ2) is 9.02. The van der Waals surface area contributed by atoms with Crippen molar-refractivity contribution in [3.05, 3.63) is 64.1 Å². The zero-order valence-electron chi connectivity index (χ0n) is 17.8. The van der Waals surface area contributed by atoms with Gasteiger partial charge in [-0.3, -0.25) is 14.7 Å². The van der Waals surface area contributed by atoms with E-state index in [9.17, 15) is 4.79 Å². The van der Waals surface area contributed by atoms with Crippen molar-refractivity contribution in [2.24, 2.45) is 0 Å². The molecule has 1 aromatic heterocycles. The summed E-state index contributed by atoms with van der Waals surface area (Å²) in [5.41, 5.74) is 2.79. The summed E-state index contributed by atoms with van der Waals surface area (Å²) >= 11 is 0. The van der Waals surface area contributed by atoms with Crippen molar-refractivity contribution in [1.29, 1.82) is 0 Å². The first-order valence-electron chi connectivity index (χ1n) is 10.6. The van der Waals surface area contributed by atoms with Crippen LogP contribution in [-0.2, 0) is 24.2 Å². The van der Waals surface area contributed by atoms with E-state index in [1.165, 1.54) is 0 Å². The highest BCUT2D eigenvalue weighted by atomic mass is 16.5. The monoisotopic (exact) mass is 410 g/mol. The van der Waals surface area contributed by atoms with Crippen LogP contribution in [0.3, 0.4) is 0 Å². The smallest absolute Gasteiger partial charge is 0.255 e. The molecule has 2 atom stereocenters. The fraction of sp³-hybridized carbons (Fsp3) is 0.478. The molecule has 7 heteroatoms. The molecule has 0 amide bonds. The van der Waals surface area contributed by atoms with Crippen LogP contribution >= 0.6 is 0 Å². The zero-order valence-corrected chi connectivity index (χ0v) is 17.8. The Morgan fingerprint density at radius 3 is 2.83 bits per heavy atom. The Balaban J connectivity index is 1.53. The van der Waals surface area contributed by atoms with Gasteiger partial charge in [-0.2, -0.15) is 0 Å². The second-order valence-corrected chi connectivity index (χ2v) is 8.15. The number of nitrogens with one attached hydrogen (secondary N) is 1. The molecule has 0 unspecified atom stereocenters. The number of hydrogen-bond donors (Lipinski definition) is 1. The van der Waals surface area contributed by atoms with Crippen LogP contribution in [0.4, 0.5) is 5.95 Å².